The molecule has 1 fully saturated rings. The monoisotopic (exact) mass is 334 g/mol. The number of aryl methyl sites for hydroxylation is 1. The third-order valence-corrected chi connectivity index (χ3v) is 6.86. The maximum Gasteiger partial charge on any atom is 0.324 e. The number of thiazole rings is 1. The molecule has 1 aliphatic rings. The average molecular weight is 334 g/mol. The Morgan fingerprint density at radius 3 is 2.29 bits per heavy atom. The van der Waals surface area contributed by atoms with Crippen molar-refractivity contribution in [2.45, 2.75) is 55.2 Å². The first kappa shape index (κ1) is 16.2. The van der Waals surface area contributed by atoms with E-state index in [2.05, 4.69) is 9.71 Å². The van der Waals surface area contributed by atoms with Gasteiger partial charge in [0.2, 0.25) is 0 Å². The second kappa shape index (κ2) is 5.90. The van der Waals surface area contributed by atoms with E-state index < -0.39 is 26.4 Å². The van der Waals surface area contributed by atoms with E-state index >= 15 is 0 Å². The van der Waals surface area contributed by atoms with Crippen LogP contribution in [-0.4, -0.2) is 30.0 Å². The predicted molar refractivity (Wildman–Crippen MR) is 78.1 cm³/mol. The molecule has 1 aromatic heterocycles. The minimum absolute atomic E-state index is 0.141. The Balaban J connectivity index is 2.38. The van der Waals surface area contributed by atoms with E-state index in [9.17, 15) is 23.1 Å². The van der Waals surface area contributed by atoms with Gasteiger partial charge in [0.05, 0.1) is 0 Å². The van der Waals surface area contributed by atoms with Gasteiger partial charge in [0.25, 0.3) is 10.0 Å². The zero-order valence-electron chi connectivity index (χ0n) is 11.6. The maximum atomic E-state index is 12.4. The van der Waals surface area contributed by atoms with Crippen LogP contribution in [-0.2, 0) is 14.8 Å². The van der Waals surface area contributed by atoms with Gasteiger partial charge in [-0.3, -0.25) is 9.59 Å². The molecule has 1 aromatic rings. The molecule has 0 radical (unpaired) electrons. The van der Waals surface area contributed by atoms with Crippen molar-refractivity contribution in [3.05, 3.63) is 15.4 Å². The van der Waals surface area contributed by atoms with E-state index in [4.69, 9.17) is 0 Å². The number of carboxylic acid groups (broad SMARTS) is 1. The molecule has 0 bridgehead atoms. The van der Waals surface area contributed by atoms with Gasteiger partial charge in [-0.15, -0.1) is 0 Å². The normalized spacial score (nSPS) is 19.1. The lowest BCUT2D eigenvalue weighted by molar-refractivity contribution is -0.144. The molecular formula is C12H18N2O5S2. The quantitative estimate of drug-likeness (QED) is 0.715. The summed E-state index contributed by atoms with van der Waals surface area (Å²) in [6.07, 6.45) is 3.65. The van der Waals surface area contributed by atoms with Gasteiger partial charge in [0.15, 0.2) is 4.21 Å². The third kappa shape index (κ3) is 3.35. The molecule has 0 spiro atoms. The van der Waals surface area contributed by atoms with E-state index in [1.807, 2.05) is 0 Å². The number of hydrogen-bond donors (Lipinski definition) is 3. The number of nitrogens with one attached hydrogen (secondary N) is 2. The first-order chi connectivity index (χ1) is 9.77. The Labute approximate surface area is 126 Å². The van der Waals surface area contributed by atoms with Crippen LogP contribution in [0.1, 0.15) is 44.2 Å². The van der Waals surface area contributed by atoms with Crippen LogP contribution in [0, 0.1) is 6.92 Å². The summed E-state index contributed by atoms with van der Waals surface area (Å²) in [5.74, 6) is -1.16. The van der Waals surface area contributed by atoms with Gasteiger partial charge in [-0.05, 0) is 19.8 Å². The molecule has 0 aromatic carbocycles. The molecule has 1 aliphatic carbocycles. The van der Waals surface area contributed by atoms with E-state index in [0.717, 1.165) is 12.8 Å². The average Bonchev–Trinajstić information content (AvgIpc) is 2.60. The van der Waals surface area contributed by atoms with Crippen molar-refractivity contribution in [1.29, 1.82) is 0 Å². The number of hydrogen-bond acceptors (Lipinski definition) is 5. The van der Waals surface area contributed by atoms with Gasteiger partial charge in [0.1, 0.15) is 5.54 Å². The highest BCUT2D eigenvalue weighted by molar-refractivity contribution is 7.91. The fourth-order valence-corrected chi connectivity index (χ4v) is 5.36. The molecule has 0 aliphatic heterocycles. The number of carbonyl (C=O) groups is 1. The van der Waals surface area contributed by atoms with Crippen LogP contribution in [0.3, 0.4) is 0 Å². The maximum absolute atomic E-state index is 12.4. The summed E-state index contributed by atoms with van der Waals surface area (Å²) >= 11 is 0.571. The molecule has 0 amide bonds. The number of aliphatic carboxylic acids is 1. The van der Waals surface area contributed by atoms with Crippen LogP contribution >= 0.6 is 11.3 Å². The molecule has 3 N–H and O–H groups in total. The summed E-state index contributed by atoms with van der Waals surface area (Å²) in [6, 6.07) is 0. The Bertz CT molecular complexity index is 681. The lowest BCUT2D eigenvalue weighted by Gasteiger charge is -2.28. The fraction of sp³-hybridized carbons (Fsp3) is 0.667. The smallest absolute Gasteiger partial charge is 0.324 e. The minimum Gasteiger partial charge on any atom is -0.480 e. The van der Waals surface area contributed by atoms with Crippen LogP contribution in [0.25, 0.3) is 0 Å². The van der Waals surface area contributed by atoms with Crippen molar-refractivity contribution in [1.82, 2.24) is 9.71 Å². The number of aromatic amines is 1. The SMILES string of the molecule is Cc1[nH]c(=O)sc1S(=O)(=O)NC1(C(=O)O)CCCCCC1. The van der Waals surface area contributed by atoms with E-state index in [0.29, 0.717) is 24.2 Å². The Morgan fingerprint density at radius 2 is 1.86 bits per heavy atom. The highest BCUT2D eigenvalue weighted by atomic mass is 32.2. The zero-order chi connectivity index (χ0) is 15.7. The Kier molecular flexibility index (Phi) is 4.54. The number of sulfonamides is 1. The summed E-state index contributed by atoms with van der Waals surface area (Å²) in [6.45, 7) is 1.48. The van der Waals surface area contributed by atoms with Crippen LogP contribution in [0.4, 0.5) is 0 Å². The molecule has 1 heterocycles. The standard InChI is InChI=1S/C12H18N2O5S2/c1-8-9(20-11(17)13-8)21(18,19)14-12(10(15)16)6-4-2-3-5-7-12/h14H,2-7H2,1H3,(H,13,17)(H,15,16). The first-order valence-electron chi connectivity index (χ1n) is 6.74. The summed E-state index contributed by atoms with van der Waals surface area (Å²) < 4.78 is 27.1. The Hall–Kier alpha value is -1.19. The molecule has 1 saturated carbocycles. The lowest BCUT2D eigenvalue weighted by Crippen LogP contribution is -2.54. The van der Waals surface area contributed by atoms with Crippen LogP contribution in [0.5, 0.6) is 0 Å². The largest absolute Gasteiger partial charge is 0.480 e. The van der Waals surface area contributed by atoms with Gasteiger partial charge < -0.3 is 10.1 Å². The van der Waals surface area contributed by atoms with Gasteiger partial charge in [-0.1, -0.05) is 37.0 Å². The van der Waals surface area contributed by atoms with E-state index in [1.54, 1.807) is 0 Å². The molecule has 0 unspecified atom stereocenters. The summed E-state index contributed by atoms with van der Waals surface area (Å²) in [7, 11) is -4.03. The highest BCUT2D eigenvalue weighted by Crippen LogP contribution is 2.30. The molecule has 0 saturated heterocycles. The molecule has 9 heteroatoms. The van der Waals surface area contributed by atoms with E-state index in [-0.39, 0.29) is 22.7 Å². The second-order valence-electron chi connectivity index (χ2n) is 5.33. The van der Waals surface area contributed by atoms with Crippen molar-refractivity contribution in [3.63, 3.8) is 0 Å². The number of carboxylic acids is 1. The Morgan fingerprint density at radius 1 is 1.29 bits per heavy atom. The van der Waals surface area contributed by atoms with Crippen molar-refractivity contribution in [3.8, 4) is 0 Å². The van der Waals surface area contributed by atoms with Gasteiger partial charge >= 0.3 is 10.8 Å². The summed E-state index contributed by atoms with van der Waals surface area (Å²) in [4.78, 5) is 24.8. The number of H-pyrrole nitrogens is 1. The lowest BCUT2D eigenvalue weighted by atomic mass is 9.92. The highest BCUT2D eigenvalue weighted by Gasteiger charge is 2.43. The van der Waals surface area contributed by atoms with Crippen molar-refractivity contribution in [2.24, 2.45) is 0 Å². The van der Waals surface area contributed by atoms with Crippen molar-refractivity contribution >= 4 is 27.3 Å². The third-order valence-electron chi connectivity index (χ3n) is 3.72. The molecule has 0 atom stereocenters. The predicted octanol–water partition coefficient (Wildman–Crippen LogP) is 1.20. The van der Waals surface area contributed by atoms with Crippen LogP contribution < -0.4 is 9.60 Å². The number of rotatable bonds is 4. The number of aromatic nitrogens is 1. The van der Waals surface area contributed by atoms with Crippen molar-refractivity contribution in [2.75, 3.05) is 0 Å². The van der Waals surface area contributed by atoms with Crippen LogP contribution in [0.15, 0.2) is 9.00 Å². The topological polar surface area (TPSA) is 116 Å². The first-order valence-corrected chi connectivity index (χ1v) is 9.04. The summed E-state index contributed by atoms with van der Waals surface area (Å²) in [5.41, 5.74) is -1.25. The summed E-state index contributed by atoms with van der Waals surface area (Å²) in [5, 5.41) is 9.51. The van der Waals surface area contributed by atoms with Gasteiger partial charge in [-0.2, -0.15) is 4.72 Å². The van der Waals surface area contributed by atoms with Gasteiger partial charge in [0, 0.05) is 5.69 Å². The molecule has 118 valence electrons. The molecule has 2 rings (SSSR count). The minimum atomic E-state index is -4.03. The van der Waals surface area contributed by atoms with E-state index in [1.165, 1.54) is 6.92 Å². The molecule has 7 nitrogen and oxygen atoms in total. The van der Waals surface area contributed by atoms with Crippen LogP contribution in [0.2, 0.25) is 0 Å². The second-order valence-corrected chi connectivity index (χ2v) is 8.19. The zero-order valence-corrected chi connectivity index (χ0v) is 13.3. The molecular weight excluding hydrogens is 316 g/mol. The fourth-order valence-electron chi connectivity index (χ4n) is 2.64. The molecule has 21 heavy (non-hydrogen) atoms. The van der Waals surface area contributed by atoms with Crippen molar-refractivity contribution < 1.29 is 18.3 Å². The van der Waals surface area contributed by atoms with Gasteiger partial charge in [-0.25, -0.2) is 8.42 Å².